The summed E-state index contributed by atoms with van der Waals surface area (Å²) in [7, 11) is -17.3. The third kappa shape index (κ3) is 22.6. The number of phosphoric ester groups is 3. The number of hydrogen-bond donors (Lipinski definition) is 9. The fourth-order valence-electron chi connectivity index (χ4n) is 6.33. The molecule has 2 aromatic rings. The molecule has 30 heteroatoms. The molecule has 2 aromatic heterocycles. The summed E-state index contributed by atoms with van der Waals surface area (Å²) in [6.45, 7) is 2.86. The van der Waals surface area contributed by atoms with Gasteiger partial charge in [0.25, 0.3) is 23.5 Å². The number of imidazole rings is 1. The Morgan fingerprint density at radius 1 is 0.908 bits per heavy atom. The summed E-state index contributed by atoms with van der Waals surface area (Å²) in [6, 6.07) is 0. The molecular weight excluding hydrogens is 941 g/mol. The van der Waals surface area contributed by atoms with Crippen LogP contribution in [0, 0.1) is 5.41 Å². The van der Waals surface area contributed by atoms with E-state index in [-0.39, 0.29) is 54.3 Å². The number of thioether (sulfide) groups is 1. The van der Waals surface area contributed by atoms with Crippen LogP contribution in [-0.4, -0.2) is 109 Å². The molecule has 8 atom stereocenters. The zero-order valence-electron chi connectivity index (χ0n) is 38.2. The van der Waals surface area contributed by atoms with Gasteiger partial charge in [0.05, 0.1) is 19.5 Å². The highest BCUT2D eigenvalue weighted by Crippen LogP contribution is 2.56. The first-order valence-electron chi connectivity index (χ1n) is 20.6. The highest BCUT2D eigenvalue weighted by atomic mass is 32.2. The van der Waals surface area contributed by atoms with Gasteiger partial charge in [-0.15, -0.1) is 0 Å². The normalized spacial score (nSPS) is 20.6. The molecule has 1 fully saturated rings. The lowest BCUT2D eigenvalue weighted by Crippen LogP contribution is -2.46. The first-order valence-corrected chi connectivity index (χ1v) is 26.1. The van der Waals surface area contributed by atoms with E-state index in [2.05, 4.69) is 50.4 Å². The van der Waals surface area contributed by atoms with Crippen LogP contribution in [0.5, 0.6) is 0 Å². The zero-order valence-corrected chi connectivity index (χ0v) is 41.7. The molecule has 0 spiro atoms. The molecule has 4 unspecified atom stereocenters. The Labute approximate surface area is 383 Å². The third-order valence-electron chi connectivity index (χ3n) is 9.77. The van der Waals surface area contributed by atoms with Gasteiger partial charge >= 0.3 is 0 Å². The lowest BCUT2D eigenvalue weighted by molar-refractivity contribution is -0.247. The summed E-state index contributed by atoms with van der Waals surface area (Å²) < 4.78 is 61.1. The summed E-state index contributed by atoms with van der Waals surface area (Å²) in [4.78, 5) is 82.5. The maximum atomic E-state index is 12.6. The van der Waals surface area contributed by atoms with Crippen LogP contribution in [0.15, 0.2) is 12.7 Å². The van der Waals surface area contributed by atoms with E-state index in [0.29, 0.717) is 6.54 Å². The molecule has 1 saturated heterocycles. The van der Waals surface area contributed by atoms with Crippen LogP contribution in [0.2, 0.25) is 0 Å². The average Bonchev–Trinajstić information content (AvgIpc) is 3.75. The Morgan fingerprint density at radius 2 is 1.49 bits per heavy atom. The fourth-order valence-corrected chi connectivity index (χ4v) is 9.94. The van der Waals surface area contributed by atoms with E-state index in [4.69, 9.17) is 10.5 Å². The number of carbonyl (C=O) groups is 2. The van der Waals surface area contributed by atoms with Crippen LogP contribution in [0.4, 0.5) is 5.82 Å². The first kappa shape index (κ1) is 62.8. The molecule has 3 heterocycles. The molecule has 65 heavy (non-hydrogen) atoms. The van der Waals surface area contributed by atoms with E-state index in [0.717, 1.165) is 35.1 Å². The van der Waals surface area contributed by atoms with Gasteiger partial charge in [-0.25, -0.2) is 19.3 Å². The number of ether oxygens (including phenoxy) is 1. The highest BCUT2D eigenvalue weighted by molar-refractivity contribution is 7.99. The number of phosphoric acid groups is 3. The minimum absolute atomic E-state index is 0. The Kier molecular flexibility index (Phi) is 29.3. The zero-order chi connectivity index (χ0) is 46.0. The number of nitrogen functional groups attached to an aromatic ring is 1. The number of nitrogens with two attached hydrogens (primary N) is 1. The second-order valence-electron chi connectivity index (χ2n) is 15.5. The van der Waals surface area contributed by atoms with Crippen LogP contribution >= 0.6 is 35.2 Å². The number of anilines is 1. The molecule has 0 saturated carbocycles. The van der Waals surface area contributed by atoms with Crippen LogP contribution in [0.25, 0.3) is 11.2 Å². The fraction of sp³-hybridized carbons (Fsp3) is 0.800. The minimum Gasteiger partial charge on any atom is -0.756 e. The molecule has 1 aliphatic heterocycles. The molecule has 380 valence electrons. The number of rotatable bonds is 32. The monoisotopic (exact) mass is 1010 g/mol. The van der Waals surface area contributed by atoms with Crippen molar-refractivity contribution in [3.8, 4) is 0 Å². The Bertz CT molecular complexity index is 1850. The number of fused-ring (bicyclic) bond motifs is 1. The molecule has 26 nitrogen and oxygen atoms in total. The maximum Gasteiger partial charge on any atom is 0.274 e. The molecular formula is C35H73N10O16P3S. The van der Waals surface area contributed by atoms with Crippen molar-refractivity contribution in [2.24, 2.45) is 5.41 Å². The van der Waals surface area contributed by atoms with Crippen molar-refractivity contribution in [2.45, 2.75) is 135 Å². The van der Waals surface area contributed by atoms with Crippen molar-refractivity contribution in [2.75, 3.05) is 43.5 Å². The van der Waals surface area contributed by atoms with Crippen LogP contribution in [0.3, 0.4) is 0 Å². The van der Waals surface area contributed by atoms with Crippen molar-refractivity contribution in [3.05, 3.63) is 12.7 Å². The summed E-state index contributed by atoms with van der Waals surface area (Å²) in [5, 5.41) is 26.6. The van der Waals surface area contributed by atoms with E-state index in [1.165, 1.54) is 84.5 Å². The standard InChI is InChI=1S/C35H64N7O16P3S.3H3N/c1-4-5-6-7-8-9-10-11-12-13-14-15-19-62-20-18-37-26(43)16-17-38-33(46)30(45)35(2,3)22-55-61(52,53)58-60(50,51)54-21-25-29(57-59(47,48)49)28(44)34(56-25)42-24-41-27-31(36)39-23-40-32(27)42;;;/h23-25,28-30,34,44-45H,4-22H2,1-3H3,(H,37,43)(H,38,46)(H,50,51)(H,52,53)(H2,36,39,40)(H2,47,48,49);3*1H3/t25-,28?,29+,30+,34-;;;/m1.../s1. The molecule has 2 amide bonds. The smallest absolute Gasteiger partial charge is 0.274 e. The molecule has 19 N–H and O–H groups in total. The first-order chi connectivity index (χ1) is 29.2. The molecule has 1 aliphatic rings. The van der Waals surface area contributed by atoms with E-state index in [1.807, 2.05) is 0 Å². The van der Waals surface area contributed by atoms with Gasteiger partial charge in [-0.1, -0.05) is 91.4 Å². The molecule has 0 radical (unpaired) electrons. The van der Waals surface area contributed by atoms with Crippen LogP contribution in [-0.2, 0) is 45.9 Å². The van der Waals surface area contributed by atoms with Gasteiger partial charge in [0.2, 0.25) is 11.8 Å². The van der Waals surface area contributed by atoms with Gasteiger partial charge in [-0.2, -0.15) is 11.8 Å². The molecule has 0 bridgehead atoms. The van der Waals surface area contributed by atoms with E-state index >= 15 is 0 Å². The average molecular weight is 1020 g/mol. The number of quaternary nitrogens is 3. The second-order valence-corrected chi connectivity index (χ2v) is 20.8. The molecule has 3 rings (SSSR count). The number of aliphatic hydroxyl groups excluding tert-OH is 2. The lowest BCUT2D eigenvalue weighted by atomic mass is 9.87. The van der Waals surface area contributed by atoms with Gasteiger partial charge in [-0.05, 0) is 12.2 Å². The number of aromatic nitrogens is 4. The Balaban J connectivity index is 0.0000137. The Morgan fingerprint density at radius 3 is 2.09 bits per heavy atom. The number of carbonyl (C=O) groups excluding carboxylic acids is 2. The topological polar surface area (TPSA) is 465 Å². The van der Waals surface area contributed by atoms with E-state index in [1.54, 1.807) is 11.8 Å². The number of amides is 2. The predicted molar refractivity (Wildman–Crippen MR) is 239 cm³/mol. The van der Waals surface area contributed by atoms with Crippen molar-refractivity contribution in [3.63, 3.8) is 0 Å². The lowest BCUT2D eigenvalue weighted by Gasteiger charge is -2.35. The van der Waals surface area contributed by atoms with Gasteiger partial charge in [0.1, 0.15) is 36.3 Å². The summed E-state index contributed by atoms with van der Waals surface area (Å²) >= 11 is 1.76. The maximum absolute atomic E-state index is 12.6. The number of aliphatic hydroxyl groups is 2. The largest absolute Gasteiger partial charge is 0.756 e. The summed E-state index contributed by atoms with van der Waals surface area (Å²) in [6.07, 6.45) is 8.30. The summed E-state index contributed by atoms with van der Waals surface area (Å²) in [5.41, 5.74) is 4.19. The van der Waals surface area contributed by atoms with E-state index in [9.17, 15) is 53.1 Å². The number of unbranched alkanes of at least 4 members (excludes halogenated alkanes) is 11. The predicted octanol–water partition coefficient (Wildman–Crippen LogP) is 3.07. The number of nitrogens with one attached hydrogen (secondary N) is 2. The third-order valence-corrected chi connectivity index (χ3v) is 13.9. The second kappa shape index (κ2) is 30.3. The number of hydrogen-bond acceptors (Lipinski definition) is 20. The van der Waals surface area contributed by atoms with Gasteiger partial charge in [0.15, 0.2) is 17.7 Å². The highest BCUT2D eigenvalue weighted by Gasteiger charge is 2.48. The minimum atomic E-state index is -5.88. The van der Waals surface area contributed by atoms with E-state index < -0.39 is 78.6 Å². The van der Waals surface area contributed by atoms with Crippen LogP contribution < -0.4 is 49.5 Å². The molecule has 0 aliphatic carbocycles. The van der Waals surface area contributed by atoms with Crippen molar-refractivity contribution < 1.29 is 75.7 Å². The van der Waals surface area contributed by atoms with Gasteiger partial charge in [-0.3, -0.25) is 27.9 Å². The van der Waals surface area contributed by atoms with Crippen molar-refractivity contribution in [1.82, 2.24) is 48.6 Å². The Hall–Kier alpha value is -2.23. The van der Waals surface area contributed by atoms with Crippen LogP contribution in [0.1, 0.15) is 110 Å². The number of nitrogens with zero attached hydrogens (tertiary/aromatic N) is 4. The van der Waals surface area contributed by atoms with Gasteiger partial charge < -0.3 is 82.9 Å². The quantitative estimate of drug-likeness (QED) is 0.0375. The van der Waals surface area contributed by atoms with Gasteiger partial charge in [0, 0.05) is 30.7 Å². The van der Waals surface area contributed by atoms with Crippen molar-refractivity contribution in [1.29, 1.82) is 0 Å². The SMILES string of the molecule is CCCCCCCCCCCCCCSCCNC(=O)CCNC(=O)[C@H](O)C(C)(C)COP(=O)([O-])OP(=O)([O-])OC[C@H]1O[C@@H](n2cnc3c(N)ncnc32)C(O)[C@H]1OP(=O)([O-])O.[NH4+].[NH4+].[NH4+]. The van der Waals surface area contributed by atoms with Crippen molar-refractivity contribution >= 4 is 64.0 Å². The molecule has 0 aromatic carbocycles. The summed E-state index contributed by atoms with van der Waals surface area (Å²) in [5.74, 6) is 0.432.